The second-order valence-electron chi connectivity index (χ2n) is 4.74. The Bertz CT molecular complexity index is 671. The minimum Gasteiger partial charge on any atom is -0.480 e. The first-order valence-electron chi connectivity index (χ1n) is 6.25. The summed E-state index contributed by atoms with van der Waals surface area (Å²) in [5.41, 5.74) is 0.836. The number of carboxylic acids is 1. The minimum atomic E-state index is -3.57. The van der Waals surface area contributed by atoms with Crippen molar-refractivity contribution in [3.8, 4) is 0 Å². The summed E-state index contributed by atoms with van der Waals surface area (Å²) in [6.45, 7) is 1.52. The van der Waals surface area contributed by atoms with Crippen LogP contribution in [0.4, 0.5) is 5.69 Å². The van der Waals surface area contributed by atoms with Gasteiger partial charge in [-0.25, -0.2) is 13.2 Å². The molecule has 0 saturated carbocycles. The summed E-state index contributed by atoms with van der Waals surface area (Å²) in [6.07, 6.45) is 0.958. The van der Waals surface area contributed by atoms with Crippen molar-refractivity contribution in [3.63, 3.8) is 0 Å². The van der Waals surface area contributed by atoms with Gasteiger partial charge in [0.15, 0.2) is 6.04 Å². The third kappa shape index (κ3) is 5.34. The number of aryl methyl sites for hydroxylation is 1. The molecule has 0 radical (unpaired) electrons. The van der Waals surface area contributed by atoms with E-state index in [4.69, 9.17) is 9.84 Å². The molecule has 0 aromatic heterocycles. The monoisotopic (exact) mass is 330 g/mol. The number of methoxy groups -OCH3 is 1. The first-order valence-corrected chi connectivity index (χ1v) is 8.14. The largest absolute Gasteiger partial charge is 0.480 e. The number of rotatable bonds is 7. The van der Waals surface area contributed by atoms with E-state index in [1.165, 1.54) is 19.2 Å². The number of hydrogen-bond acceptors (Lipinski definition) is 5. The summed E-state index contributed by atoms with van der Waals surface area (Å²) in [5.74, 6) is -1.96. The molecule has 0 aliphatic rings. The van der Waals surface area contributed by atoms with Gasteiger partial charge in [0, 0.05) is 7.11 Å². The number of aliphatic carboxylic acids is 1. The maximum atomic E-state index is 12.2. The Hall–Kier alpha value is -2.13. The summed E-state index contributed by atoms with van der Waals surface area (Å²) in [6, 6.07) is 3.31. The zero-order chi connectivity index (χ0) is 16.9. The predicted molar refractivity (Wildman–Crippen MR) is 80.4 cm³/mol. The zero-order valence-electron chi connectivity index (χ0n) is 12.4. The number of carbonyl (C=O) groups is 2. The van der Waals surface area contributed by atoms with Crippen molar-refractivity contribution in [2.75, 3.05) is 24.7 Å². The van der Waals surface area contributed by atoms with Gasteiger partial charge in [-0.05, 0) is 19.1 Å². The van der Waals surface area contributed by atoms with E-state index in [0.29, 0.717) is 0 Å². The molecule has 3 N–H and O–H groups in total. The van der Waals surface area contributed by atoms with E-state index in [-0.39, 0.29) is 17.9 Å². The molecule has 9 heteroatoms. The van der Waals surface area contributed by atoms with E-state index in [0.717, 1.165) is 11.8 Å². The molecule has 0 spiro atoms. The predicted octanol–water partition coefficient (Wildman–Crippen LogP) is 0.196. The Balaban J connectivity index is 3.10. The fourth-order valence-corrected chi connectivity index (χ4v) is 2.29. The molecule has 22 heavy (non-hydrogen) atoms. The van der Waals surface area contributed by atoms with E-state index in [1.54, 1.807) is 13.0 Å². The lowest BCUT2D eigenvalue weighted by atomic mass is 10.1. The smallest absolute Gasteiger partial charge is 0.328 e. The molecule has 1 aromatic carbocycles. The topological polar surface area (TPSA) is 122 Å². The van der Waals surface area contributed by atoms with Crippen LogP contribution in [0.2, 0.25) is 0 Å². The van der Waals surface area contributed by atoms with E-state index < -0.39 is 27.9 Å². The molecular formula is C13H18N2O6S. The molecule has 0 heterocycles. The third-order valence-electron chi connectivity index (χ3n) is 2.65. The number of amides is 1. The number of carboxylic acid groups (broad SMARTS) is 1. The lowest BCUT2D eigenvalue weighted by molar-refractivity contribution is -0.140. The molecule has 1 aromatic rings. The molecular weight excluding hydrogens is 312 g/mol. The molecule has 0 bridgehead atoms. The van der Waals surface area contributed by atoms with Crippen LogP contribution in [0.15, 0.2) is 18.2 Å². The number of carbonyl (C=O) groups excluding carboxylic acids is 1. The number of benzene rings is 1. The average molecular weight is 330 g/mol. The number of ether oxygens (including phenoxy) is 1. The van der Waals surface area contributed by atoms with Crippen molar-refractivity contribution in [3.05, 3.63) is 29.3 Å². The number of sulfonamides is 1. The highest BCUT2D eigenvalue weighted by atomic mass is 32.2. The molecule has 1 atom stereocenters. The molecule has 1 unspecified atom stereocenters. The lowest BCUT2D eigenvalue weighted by Gasteiger charge is -2.16. The zero-order valence-corrected chi connectivity index (χ0v) is 13.2. The molecule has 0 saturated heterocycles. The number of hydrogen-bond donors (Lipinski definition) is 3. The van der Waals surface area contributed by atoms with Crippen LogP contribution in [-0.4, -0.2) is 51.4 Å². The van der Waals surface area contributed by atoms with Crippen LogP contribution in [0.1, 0.15) is 15.9 Å². The van der Waals surface area contributed by atoms with Gasteiger partial charge in [-0.15, -0.1) is 0 Å². The van der Waals surface area contributed by atoms with Crippen LogP contribution in [0.25, 0.3) is 0 Å². The first-order chi connectivity index (χ1) is 10.1. The maximum absolute atomic E-state index is 12.2. The lowest BCUT2D eigenvalue weighted by Crippen LogP contribution is -2.44. The average Bonchev–Trinajstić information content (AvgIpc) is 2.38. The molecule has 8 nitrogen and oxygen atoms in total. The van der Waals surface area contributed by atoms with Gasteiger partial charge in [0.25, 0.3) is 5.91 Å². The molecule has 122 valence electrons. The van der Waals surface area contributed by atoms with Crippen LogP contribution < -0.4 is 10.0 Å². The molecule has 0 fully saturated rings. The fraction of sp³-hybridized carbons (Fsp3) is 0.385. The van der Waals surface area contributed by atoms with Crippen molar-refractivity contribution >= 4 is 27.6 Å². The number of nitrogens with one attached hydrogen (secondary N) is 2. The molecule has 1 rings (SSSR count). The Labute approximate surface area is 128 Å². The highest BCUT2D eigenvalue weighted by Gasteiger charge is 2.22. The maximum Gasteiger partial charge on any atom is 0.328 e. The van der Waals surface area contributed by atoms with Crippen LogP contribution in [-0.2, 0) is 19.6 Å². The van der Waals surface area contributed by atoms with Crippen molar-refractivity contribution in [2.45, 2.75) is 13.0 Å². The molecule has 0 aliphatic heterocycles. The van der Waals surface area contributed by atoms with Crippen LogP contribution in [0.5, 0.6) is 0 Å². The summed E-state index contributed by atoms with van der Waals surface area (Å²) in [5, 5.41) is 11.3. The van der Waals surface area contributed by atoms with E-state index in [9.17, 15) is 18.0 Å². The normalized spacial score (nSPS) is 12.5. The van der Waals surface area contributed by atoms with E-state index >= 15 is 0 Å². The van der Waals surface area contributed by atoms with Crippen molar-refractivity contribution in [1.82, 2.24) is 5.32 Å². The highest BCUT2D eigenvalue weighted by molar-refractivity contribution is 7.92. The standard InChI is InChI=1S/C13H18N2O6S/c1-8-4-5-10(15-22(3,19)20)9(6-8)12(16)14-11(7-21-2)13(17)18/h4-6,11,15H,7H2,1-3H3,(H,14,16)(H,17,18). The SMILES string of the molecule is COCC(NC(=O)c1cc(C)ccc1NS(C)(=O)=O)C(=O)O. The summed E-state index contributed by atoms with van der Waals surface area (Å²) >= 11 is 0. The third-order valence-corrected chi connectivity index (χ3v) is 3.24. The van der Waals surface area contributed by atoms with Gasteiger partial charge in [0.1, 0.15) is 0 Å². The summed E-state index contributed by atoms with van der Waals surface area (Å²) in [4.78, 5) is 23.3. The highest BCUT2D eigenvalue weighted by Crippen LogP contribution is 2.18. The van der Waals surface area contributed by atoms with Gasteiger partial charge in [-0.3, -0.25) is 9.52 Å². The van der Waals surface area contributed by atoms with Gasteiger partial charge in [0.2, 0.25) is 10.0 Å². The Morgan fingerprint density at radius 3 is 2.50 bits per heavy atom. The molecule has 1 amide bonds. The minimum absolute atomic E-state index is 0.0350. The van der Waals surface area contributed by atoms with Crippen molar-refractivity contribution in [2.24, 2.45) is 0 Å². The van der Waals surface area contributed by atoms with Crippen LogP contribution >= 0.6 is 0 Å². The second-order valence-corrected chi connectivity index (χ2v) is 6.49. The quantitative estimate of drug-likeness (QED) is 0.656. The van der Waals surface area contributed by atoms with Crippen molar-refractivity contribution < 1.29 is 27.9 Å². The second kappa shape index (κ2) is 7.23. The van der Waals surface area contributed by atoms with E-state index in [2.05, 4.69) is 10.0 Å². The Morgan fingerprint density at radius 2 is 2.00 bits per heavy atom. The Kier molecular flexibility index (Phi) is 5.89. The fourth-order valence-electron chi connectivity index (χ4n) is 1.71. The summed E-state index contributed by atoms with van der Waals surface area (Å²) in [7, 11) is -2.26. The summed E-state index contributed by atoms with van der Waals surface area (Å²) < 4.78 is 29.6. The van der Waals surface area contributed by atoms with Gasteiger partial charge in [0.05, 0.1) is 24.1 Å². The van der Waals surface area contributed by atoms with Gasteiger partial charge in [-0.2, -0.15) is 0 Å². The van der Waals surface area contributed by atoms with Gasteiger partial charge >= 0.3 is 5.97 Å². The van der Waals surface area contributed by atoms with E-state index in [1.807, 2.05) is 0 Å². The molecule has 0 aliphatic carbocycles. The number of anilines is 1. The van der Waals surface area contributed by atoms with Gasteiger partial charge < -0.3 is 15.2 Å². The van der Waals surface area contributed by atoms with Crippen LogP contribution in [0.3, 0.4) is 0 Å². The van der Waals surface area contributed by atoms with Crippen molar-refractivity contribution in [1.29, 1.82) is 0 Å². The Morgan fingerprint density at radius 1 is 1.36 bits per heavy atom. The van der Waals surface area contributed by atoms with Gasteiger partial charge in [-0.1, -0.05) is 11.6 Å². The first kappa shape index (κ1) is 17.9. The van der Waals surface area contributed by atoms with Crippen LogP contribution in [0, 0.1) is 6.92 Å².